The lowest BCUT2D eigenvalue weighted by Gasteiger charge is -2.55. The number of carbonyl (C=O) groups is 2. The fourth-order valence-electron chi connectivity index (χ4n) is 6.93. The van der Waals surface area contributed by atoms with Gasteiger partial charge in [0.05, 0.1) is 11.4 Å². The first-order chi connectivity index (χ1) is 15.3. The van der Waals surface area contributed by atoms with Gasteiger partial charge in [-0.15, -0.1) is 0 Å². The van der Waals surface area contributed by atoms with Gasteiger partial charge in [0.1, 0.15) is 0 Å². The molecule has 6 rings (SSSR count). The molecule has 0 atom stereocenters. The summed E-state index contributed by atoms with van der Waals surface area (Å²) in [7, 11) is -3.56. The summed E-state index contributed by atoms with van der Waals surface area (Å²) < 4.78 is 27.3. The van der Waals surface area contributed by atoms with Crippen LogP contribution < -0.4 is 10.6 Å². The molecule has 0 aromatic heterocycles. The van der Waals surface area contributed by atoms with Crippen molar-refractivity contribution in [2.45, 2.75) is 62.7 Å². The van der Waals surface area contributed by atoms with Crippen LogP contribution in [0.2, 0.25) is 0 Å². The molecule has 174 valence electrons. The molecule has 7 nitrogen and oxygen atoms in total. The minimum atomic E-state index is -3.56. The van der Waals surface area contributed by atoms with E-state index >= 15 is 0 Å². The zero-order chi connectivity index (χ0) is 22.3. The maximum Gasteiger partial charge on any atom is 0.243 e. The van der Waals surface area contributed by atoms with Gasteiger partial charge in [-0.3, -0.25) is 9.59 Å². The fourth-order valence-corrected chi connectivity index (χ4v) is 8.49. The summed E-state index contributed by atoms with van der Waals surface area (Å²) in [6.45, 7) is 0.980. The predicted molar refractivity (Wildman–Crippen MR) is 121 cm³/mol. The van der Waals surface area contributed by atoms with Crippen LogP contribution >= 0.6 is 0 Å². The van der Waals surface area contributed by atoms with Gasteiger partial charge in [0.2, 0.25) is 21.8 Å². The summed E-state index contributed by atoms with van der Waals surface area (Å²) >= 11 is 0. The highest BCUT2D eigenvalue weighted by Crippen LogP contribution is 2.60. The fraction of sp³-hybridized carbons (Fsp3) is 0.667. The molecule has 32 heavy (non-hydrogen) atoms. The number of piperidine rings is 1. The molecule has 0 spiro atoms. The number of amides is 2. The Morgan fingerprint density at radius 3 is 2.22 bits per heavy atom. The van der Waals surface area contributed by atoms with Gasteiger partial charge >= 0.3 is 0 Å². The molecule has 5 aliphatic rings. The molecule has 1 aromatic rings. The van der Waals surface area contributed by atoms with Gasteiger partial charge in [0.25, 0.3) is 0 Å². The Bertz CT molecular complexity index is 965. The standard InChI is InChI=1S/C24H33N3O4S/c28-22(16-25-23(29)24-13-17-9-18(14-24)11-19(10-17)15-24)26-20-5-4-6-21(12-20)32(30,31)27-7-2-1-3-8-27/h4-6,12,17-19H,1-3,7-11,13-16H2,(H,25,29)(H,26,28). The second-order valence-corrected chi connectivity index (χ2v) is 12.4. The summed E-state index contributed by atoms with van der Waals surface area (Å²) in [5.41, 5.74) is 0.148. The van der Waals surface area contributed by atoms with Crippen LogP contribution in [-0.4, -0.2) is 44.2 Å². The Morgan fingerprint density at radius 2 is 1.59 bits per heavy atom. The van der Waals surface area contributed by atoms with Gasteiger partial charge in [-0.05, 0) is 87.3 Å². The second kappa shape index (κ2) is 8.45. The Hall–Kier alpha value is -1.93. The summed E-state index contributed by atoms with van der Waals surface area (Å²) in [4.78, 5) is 25.7. The molecular weight excluding hydrogens is 426 g/mol. The van der Waals surface area contributed by atoms with Gasteiger partial charge in [-0.1, -0.05) is 12.5 Å². The van der Waals surface area contributed by atoms with E-state index in [-0.39, 0.29) is 28.7 Å². The van der Waals surface area contributed by atoms with Gasteiger partial charge in [0, 0.05) is 24.2 Å². The van der Waals surface area contributed by atoms with E-state index in [1.807, 2.05) is 0 Å². The molecule has 1 saturated heterocycles. The molecular formula is C24H33N3O4S. The van der Waals surface area contributed by atoms with E-state index < -0.39 is 10.0 Å². The number of benzene rings is 1. The number of carbonyl (C=O) groups excluding carboxylic acids is 2. The smallest absolute Gasteiger partial charge is 0.243 e. The third-order valence-corrected chi connectivity index (χ3v) is 9.89. The van der Waals surface area contributed by atoms with Crippen LogP contribution in [0, 0.1) is 23.2 Å². The lowest BCUT2D eigenvalue weighted by Crippen LogP contribution is -2.54. The molecule has 8 heteroatoms. The van der Waals surface area contributed by atoms with Crippen molar-refractivity contribution in [2.75, 3.05) is 25.0 Å². The highest BCUT2D eigenvalue weighted by Gasteiger charge is 2.54. The zero-order valence-corrected chi connectivity index (χ0v) is 19.3. The summed E-state index contributed by atoms with van der Waals surface area (Å²) in [6, 6.07) is 6.38. The van der Waals surface area contributed by atoms with Crippen molar-refractivity contribution >= 4 is 27.5 Å². The number of nitrogens with one attached hydrogen (secondary N) is 2. The molecule has 1 aromatic carbocycles. The number of anilines is 1. The quantitative estimate of drug-likeness (QED) is 0.683. The zero-order valence-electron chi connectivity index (χ0n) is 18.5. The number of hydrogen-bond acceptors (Lipinski definition) is 4. The van der Waals surface area contributed by atoms with E-state index in [1.54, 1.807) is 18.2 Å². The first kappa shape index (κ1) is 21.9. The number of nitrogens with zero attached hydrogens (tertiary/aromatic N) is 1. The van der Waals surface area contributed by atoms with Crippen molar-refractivity contribution in [1.82, 2.24) is 9.62 Å². The molecule has 0 unspecified atom stereocenters. The molecule has 0 radical (unpaired) electrons. The molecule has 1 aliphatic heterocycles. The largest absolute Gasteiger partial charge is 0.347 e. The minimum Gasteiger partial charge on any atom is -0.347 e. The van der Waals surface area contributed by atoms with Crippen molar-refractivity contribution in [2.24, 2.45) is 23.2 Å². The molecule has 4 bridgehead atoms. The van der Waals surface area contributed by atoms with Crippen LogP contribution in [0.25, 0.3) is 0 Å². The summed E-state index contributed by atoms with van der Waals surface area (Å²) in [5.74, 6) is 1.70. The number of hydrogen-bond donors (Lipinski definition) is 2. The monoisotopic (exact) mass is 459 g/mol. The second-order valence-electron chi connectivity index (χ2n) is 10.4. The molecule has 1 heterocycles. The van der Waals surface area contributed by atoms with Crippen molar-refractivity contribution < 1.29 is 18.0 Å². The van der Waals surface area contributed by atoms with Crippen LogP contribution in [0.1, 0.15) is 57.8 Å². The SMILES string of the molecule is O=C(CNC(=O)C12CC3CC(CC(C3)C1)C2)Nc1cccc(S(=O)(=O)N2CCCCC2)c1. The summed E-state index contributed by atoms with van der Waals surface area (Å²) in [5, 5.41) is 5.63. The average molecular weight is 460 g/mol. The lowest BCUT2D eigenvalue weighted by molar-refractivity contribution is -0.146. The van der Waals surface area contributed by atoms with E-state index in [4.69, 9.17) is 0 Å². The van der Waals surface area contributed by atoms with Crippen molar-refractivity contribution in [3.8, 4) is 0 Å². The van der Waals surface area contributed by atoms with Crippen molar-refractivity contribution in [3.05, 3.63) is 24.3 Å². The highest BCUT2D eigenvalue weighted by atomic mass is 32.2. The van der Waals surface area contributed by atoms with E-state index in [1.165, 1.54) is 29.6 Å². The number of sulfonamides is 1. The van der Waals surface area contributed by atoms with Gasteiger partial charge < -0.3 is 10.6 Å². The van der Waals surface area contributed by atoms with Crippen LogP contribution in [0.15, 0.2) is 29.2 Å². The Balaban J connectivity index is 1.19. The van der Waals surface area contributed by atoms with Gasteiger partial charge in [0.15, 0.2) is 0 Å². The minimum absolute atomic E-state index is 0.0215. The highest BCUT2D eigenvalue weighted by molar-refractivity contribution is 7.89. The first-order valence-electron chi connectivity index (χ1n) is 12.0. The van der Waals surface area contributed by atoms with Crippen LogP contribution in [-0.2, 0) is 19.6 Å². The van der Waals surface area contributed by atoms with E-state index in [9.17, 15) is 18.0 Å². The van der Waals surface area contributed by atoms with Gasteiger partial charge in [-0.2, -0.15) is 4.31 Å². The van der Waals surface area contributed by atoms with Crippen LogP contribution in [0.5, 0.6) is 0 Å². The molecule has 4 aliphatic carbocycles. The molecule has 2 amide bonds. The summed E-state index contributed by atoms with van der Waals surface area (Å²) in [6.07, 6.45) is 9.49. The normalized spacial score (nSPS) is 31.9. The van der Waals surface area contributed by atoms with E-state index in [0.717, 1.165) is 38.5 Å². The third-order valence-electron chi connectivity index (χ3n) is 8.00. The number of rotatable bonds is 6. The topological polar surface area (TPSA) is 95.6 Å². The van der Waals surface area contributed by atoms with E-state index in [2.05, 4.69) is 10.6 Å². The Labute approximate surface area is 190 Å². The predicted octanol–water partition coefficient (Wildman–Crippen LogP) is 3.13. The van der Waals surface area contributed by atoms with Crippen LogP contribution in [0.3, 0.4) is 0 Å². The Kier molecular flexibility index (Phi) is 5.78. The van der Waals surface area contributed by atoms with Crippen LogP contribution in [0.4, 0.5) is 5.69 Å². The van der Waals surface area contributed by atoms with Gasteiger partial charge in [-0.25, -0.2) is 8.42 Å². The van der Waals surface area contributed by atoms with Crippen molar-refractivity contribution in [3.63, 3.8) is 0 Å². The molecule has 5 fully saturated rings. The maximum absolute atomic E-state index is 13.0. The molecule has 2 N–H and O–H groups in total. The first-order valence-corrected chi connectivity index (χ1v) is 13.5. The lowest BCUT2D eigenvalue weighted by atomic mass is 9.49. The van der Waals surface area contributed by atoms with Crippen molar-refractivity contribution in [1.29, 1.82) is 0 Å². The molecule has 4 saturated carbocycles. The maximum atomic E-state index is 13.0. The third kappa shape index (κ3) is 4.19. The Morgan fingerprint density at radius 1 is 0.969 bits per heavy atom. The average Bonchev–Trinajstić information content (AvgIpc) is 2.77. The van der Waals surface area contributed by atoms with E-state index in [0.29, 0.717) is 36.5 Å².